The molecule has 0 atom stereocenters. The minimum Gasteiger partial charge on any atom is -0.388 e. The third-order valence-electron chi connectivity index (χ3n) is 3.57. The molecule has 2 N–H and O–H groups in total. The SMILES string of the molecule is O=C(NCC1(O)CCCC1)c1cc(F)cc([N+](=O)[O-])c1F. The molecule has 1 aromatic rings. The van der Waals surface area contributed by atoms with Crippen molar-refractivity contribution in [1.82, 2.24) is 5.32 Å². The predicted octanol–water partition coefficient (Wildman–Crippen LogP) is 1.91. The molecule has 1 amide bonds. The number of nitro groups is 1. The molecule has 0 spiro atoms. The van der Waals surface area contributed by atoms with Crippen LogP contribution in [0.5, 0.6) is 0 Å². The van der Waals surface area contributed by atoms with Crippen LogP contribution in [0, 0.1) is 21.7 Å². The van der Waals surface area contributed by atoms with Crippen LogP contribution in [0.3, 0.4) is 0 Å². The lowest BCUT2D eigenvalue weighted by Crippen LogP contribution is -2.41. The normalized spacial score (nSPS) is 16.7. The quantitative estimate of drug-likeness (QED) is 0.656. The van der Waals surface area contributed by atoms with Crippen molar-refractivity contribution >= 4 is 11.6 Å². The number of carbonyl (C=O) groups is 1. The van der Waals surface area contributed by atoms with E-state index < -0.39 is 39.3 Å². The number of amides is 1. The summed E-state index contributed by atoms with van der Waals surface area (Å²) < 4.78 is 27.1. The fourth-order valence-corrected chi connectivity index (χ4v) is 2.42. The number of hydrogen-bond acceptors (Lipinski definition) is 4. The third-order valence-corrected chi connectivity index (χ3v) is 3.57. The van der Waals surface area contributed by atoms with E-state index in [2.05, 4.69) is 5.32 Å². The number of nitrogens with one attached hydrogen (secondary N) is 1. The third kappa shape index (κ3) is 3.33. The second-order valence-electron chi connectivity index (χ2n) is 5.16. The van der Waals surface area contributed by atoms with E-state index in [1.54, 1.807) is 0 Å². The van der Waals surface area contributed by atoms with Crippen LogP contribution in [0.25, 0.3) is 0 Å². The number of halogens is 2. The molecular formula is C13H14F2N2O4. The Labute approximate surface area is 118 Å². The Kier molecular flexibility index (Phi) is 4.17. The van der Waals surface area contributed by atoms with Crippen LogP contribution in [0.1, 0.15) is 36.0 Å². The smallest absolute Gasteiger partial charge is 0.308 e. The highest BCUT2D eigenvalue weighted by atomic mass is 19.1. The first kappa shape index (κ1) is 15.3. The van der Waals surface area contributed by atoms with Crippen molar-refractivity contribution in [2.24, 2.45) is 0 Å². The molecule has 1 saturated carbocycles. The summed E-state index contributed by atoms with van der Waals surface area (Å²) in [6.45, 7) is -0.102. The van der Waals surface area contributed by atoms with Crippen LogP contribution in [0.2, 0.25) is 0 Å². The van der Waals surface area contributed by atoms with Gasteiger partial charge in [-0.15, -0.1) is 0 Å². The minimum absolute atomic E-state index is 0.102. The highest BCUT2D eigenvalue weighted by Gasteiger charge is 2.32. The average molecular weight is 300 g/mol. The zero-order chi connectivity index (χ0) is 15.6. The Bertz CT molecular complexity index is 586. The number of rotatable bonds is 4. The summed E-state index contributed by atoms with van der Waals surface area (Å²) in [6.07, 6.45) is 2.68. The number of nitrogens with zero attached hydrogens (tertiary/aromatic N) is 1. The Morgan fingerprint density at radius 3 is 2.57 bits per heavy atom. The molecule has 8 heteroatoms. The van der Waals surface area contributed by atoms with Gasteiger partial charge in [-0.25, -0.2) is 4.39 Å². The van der Waals surface area contributed by atoms with E-state index in [-0.39, 0.29) is 6.54 Å². The molecule has 0 aromatic heterocycles. The standard InChI is InChI=1S/C13H14F2N2O4/c14-8-5-9(11(15)10(6-8)17(20)21)12(18)16-7-13(19)3-1-2-4-13/h5-6,19H,1-4,7H2,(H,16,18). The molecule has 21 heavy (non-hydrogen) atoms. The maximum atomic E-state index is 13.8. The molecule has 1 aliphatic rings. The summed E-state index contributed by atoms with van der Waals surface area (Å²) in [4.78, 5) is 21.3. The van der Waals surface area contributed by atoms with Crippen LogP contribution >= 0.6 is 0 Å². The lowest BCUT2D eigenvalue weighted by Gasteiger charge is -2.22. The summed E-state index contributed by atoms with van der Waals surface area (Å²) in [7, 11) is 0. The number of aliphatic hydroxyl groups is 1. The molecule has 1 aromatic carbocycles. The molecule has 1 fully saturated rings. The Hall–Kier alpha value is -2.09. The fourth-order valence-electron chi connectivity index (χ4n) is 2.42. The summed E-state index contributed by atoms with van der Waals surface area (Å²) in [5, 5.41) is 23.0. The van der Waals surface area contributed by atoms with E-state index in [1.165, 1.54) is 0 Å². The molecule has 0 saturated heterocycles. The van der Waals surface area contributed by atoms with Crippen molar-refractivity contribution in [2.75, 3.05) is 6.54 Å². The van der Waals surface area contributed by atoms with Crippen molar-refractivity contribution in [2.45, 2.75) is 31.3 Å². The van der Waals surface area contributed by atoms with Gasteiger partial charge in [-0.3, -0.25) is 14.9 Å². The Morgan fingerprint density at radius 1 is 1.38 bits per heavy atom. The minimum atomic E-state index is -1.39. The summed E-state index contributed by atoms with van der Waals surface area (Å²) in [5.74, 6) is -3.46. The van der Waals surface area contributed by atoms with Gasteiger partial charge in [-0.1, -0.05) is 12.8 Å². The van der Waals surface area contributed by atoms with Gasteiger partial charge in [-0.05, 0) is 18.9 Å². The summed E-state index contributed by atoms with van der Waals surface area (Å²) >= 11 is 0. The van der Waals surface area contributed by atoms with Crippen molar-refractivity contribution < 1.29 is 23.6 Å². The zero-order valence-electron chi connectivity index (χ0n) is 11.1. The molecule has 0 heterocycles. The molecule has 0 unspecified atom stereocenters. The van der Waals surface area contributed by atoms with E-state index in [4.69, 9.17) is 0 Å². The van der Waals surface area contributed by atoms with E-state index in [1.807, 2.05) is 0 Å². The number of hydrogen-bond donors (Lipinski definition) is 2. The first-order valence-electron chi connectivity index (χ1n) is 6.46. The largest absolute Gasteiger partial charge is 0.388 e. The van der Waals surface area contributed by atoms with E-state index in [0.29, 0.717) is 25.0 Å². The van der Waals surface area contributed by atoms with Gasteiger partial charge in [0.25, 0.3) is 5.91 Å². The zero-order valence-corrected chi connectivity index (χ0v) is 11.1. The van der Waals surface area contributed by atoms with Crippen molar-refractivity contribution in [3.63, 3.8) is 0 Å². The summed E-state index contributed by atoms with van der Waals surface area (Å²) in [5.41, 5.74) is -2.89. The second-order valence-corrected chi connectivity index (χ2v) is 5.16. The molecule has 0 aliphatic heterocycles. The van der Waals surface area contributed by atoms with E-state index in [0.717, 1.165) is 12.8 Å². The molecule has 114 valence electrons. The van der Waals surface area contributed by atoms with Crippen LogP contribution in [0.15, 0.2) is 12.1 Å². The molecule has 1 aliphatic carbocycles. The highest BCUT2D eigenvalue weighted by molar-refractivity contribution is 5.95. The number of carbonyl (C=O) groups excluding carboxylic acids is 1. The van der Waals surface area contributed by atoms with Crippen LogP contribution < -0.4 is 5.32 Å². The van der Waals surface area contributed by atoms with Gasteiger partial charge >= 0.3 is 5.69 Å². The van der Waals surface area contributed by atoms with Crippen molar-refractivity contribution in [3.05, 3.63) is 39.4 Å². The average Bonchev–Trinajstić information content (AvgIpc) is 2.85. The maximum absolute atomic E-state index is 13.8. The monoisotopic (exact) mass is 300 g/mol. The Balaban J connectivity index is 2.17. The van der Waals surface area contributed by atoms with E-state index >= 15 is 0 Å². The van der Waals surface area contributed by atoms with Crippen LogP contribution in [-0.2, 0) is 0 Å². The van der Waals surface area contributed by atoms with Crippen molar-refractivity contribution in [3.8, 4) is 0 Å². The number of nitro benzene ring substituents is 1. The van der Waals surface area contributed by atoms with Gasteiger partial charge in [-0.2, -0.15) is 4.39 Å². The van der Waals surface area contributed by atoms with Gasteiger partial charge in [0.15, 0.2) is 0 Å². The first-order chi connectivity index (χ1) is 9.82. The topological polar surface area (TPSA) is 92.5 Å². The lowest BCUT2D eigenvalue weighted by atomic mass is 10.0. The Morgan fingerprint density at radius 2 is 2.00 bits per heavy atom. The van der Waals surface area contributed by atoms with Gasteiger partial charge in [0.05, 0.1) is 22.2 Å². The summed E-state index contributed by atoms with van der Waals surface area (Å²) in [6, 6.07) is 1.01. The first-order valence-corrected chi connectivity index (χ1v) is 6.46. The molecule has 0 radical (unpaired) electrons. The predicted molar refractivity (Wildman–Crippen MR) is 68.8 cm³/mol. The van der Waals surface area contributed by atoms with Gasteiger partial charge < -0.3 is 10.4 Å². The van der Waals surface area contributed by atoms with Crippen LogP contribution in [0.4, 0.5) is 14.5 Å². The molecular weight excluding hydrogens is 286 g/mol. The molecule has 6 nitrogen and oxygen atoms in total. The van der Waals surface area contributed by atoms with E-state index in [9.17, 15) is 28.8 Å². The second kappa shape index (κ2) is 5.72. The molecule has 2 rings (SSSR count). The van der Waals surface area contributed by atoms with Gasteiger partial charge in [0.2, 0.25) is 5.82 Å². The highest BCUT2D eigenvalue weighted by Crippen LogP contribution is 2.29. The van der Waals surface area contributed by atoms with Crippen molar-refractivity contribution in [1.29, 1.82) is 0 Å². The lowest BCUT2D eigenvalue weighted by molar-refractivity contribution is -0.387. The van der Waals surface area contributed by atoms with Gasteiger partial charge in [0.1, 0.15) is 5.82 Å². The van der Waals surface area contributed by atoms with Crippen LogP contribution in [-0.4, -0.2) is 28.1 Å². The fraction of sp³-hybridized carbons (Fsp3) is 0.462. The molecule has 0 bridgehead atoms. The maximum Gasteiger partial charge on any atom is 0.308 e. The van der Waals surface area contributed by atoms with Gasteiger partial charge in [0, 0.05) is 6.54 Å². The number of benzene rings is 1.